The standard InChI is InChI=1S/C17H15N3O3/c18-8-12-2-1-3-14(6-12)19-10-17(21)20-9-13-4-5-15-16(7-13)23-11-22-15/h1-7,19H,9-11H2,(H,20,21). The molecule has 0 atom stereocenters. The van der Waals surface area contributed by atoms with Crippen LogP contribution >= 0.6 is 0 Å². The molecular formula is C17H15N3O3. The van der Waals surface area contributed by atoms with Crippen LogP contribution in [0.15, 0.2) is 42.5 Å². The highest BCUT2D eigenvalue weighted by Crippen LogP contribution is 2.32. The molecule has 0 spiro atoms. The van der Waals surface area contributed by atoms with Crippen LogP contribution in [0.4, 0.5) is 5.69 Å². The van der Waals surface area contributed by atoms with Gasteiger partial charge in [-0.15, -0.1) is 0 Å². The lowest BCUT2D eigenvalue weighted by atomic mass is 10.2. The van der Waals surface area contributed by atoms with E-state index in [1.54, 1.807) is 18.2 Å². The molecule has 1 heterocycles. The molecule has 6 nitrogen and oxygen atoms in total. The molecule has 3 rings (SSSR count). The van der Waals surface area contributed by atoms with Crippen molar-refractivity contribution in [3.63, 3.8) is 0 Å². The second kappa shape index (κ2) is 6.71. The molecule has 6 heteroatoms. The van der Waals surface area contributed by atoms with Gasteiger partial charge in [0.25, 0.3) is 0 Å². The molecule has 0 unspecified atom stereocenters. The van der Waals surface area contributed by atoms with E-state index in [1.165, 1.54) is 0 Å². The molecule has 23 heavy (non-hydrogen) atoms. The van der Waals surface area contributed by atoms with Gasteiger partial charge >= 0.3 is 0 Å². The largest absolute Gasteiger partial charge is 0.454 e. The van der Waals surface area contributed by atoms with Crippen molar-refractivity contribution in [1.29, 1.82) is 5.26 Å². The minimum Gasteiger partial charge on any atom is -0.454 e. The van der Waals surface area contributed by atoms with Crippen molar-refractivity contribution >= 4 is 11.6 Å². The SMILES string of the molecule is N#Cc1cccc(NCC(=O)NCc2ccc3c(c2)OCO3)c1. The van der Waals surface area contributed by atoms with Crippen LogP contribution in [0.2, 0.25) is 0 Å². The van der Waals surface area contributed by atoms with Crippen LogP contribution in [0.25, 0.3) is 0 Å². The number of carbonyl (C=O) groups is 1. The average Bonchev–Trinajstić information content (AvgIpc) is 3.06. The third-order valence-corrected chi connectivity index (χ3v) is 3.37. The topological polar surface area (TPSA) is 83.4 Å². The molecular weight excluding hydrogens is 294 g/mol. The first-order chi connectivity index (χ1) is 11.2. The first-order valence-electron chi connectivity index (χ1n) is 7.14. The number of nitrogens with zero attached hydrogens (tertiary/aromatic N) is 1. The van der Waals surface area contributed by atoms with Crippen LogP contribution in [-0.4, -0.2) is 19.2 Å². The number of fused-ring (bicyclic) bond motifs is 1. The lowest BCUT2D eigenvalue weighted by Gasteiger charge is -2.08. The molecule has 2 aromatic carbocycles. The molecule has 0 bridgehead atoms. The summed E-state index contributed by atoms with van der Waals surface area (Å²) in [5.41, 5.74) is 2.23. The quantitative estimate of drug-likeness (QED) is 0.883. The minimum absolute atomic E-state index is 0.134. The van der Waals surface area contributed by atoms with Crippen molar-refractivity contribution < 1.29 is 14.3 Å². The van der Waals surface area contributed by atoms with E-state index in [4.69, 9.17) is 14.7 Å². The Hall–Kier alpha value is -3.20. The van der Waals surface area contributed by atoms with Crippen molar-refractivity contribution in [3.8, 4) is 17.6 Å². The molecule has 2 aromatic rings. The normalized spacial score (nSPS) is 11.6. The van der Waals surface area contributed by atoms with E-state index < -0.39 is 0 Å². The molecule has 0 saturated carbocycles. The van der Waals surface area contributed by atoms with Crippen LogP contribution < -0.4 is 20.1 Å². The third kappa shape index (κ3) is 3.71. The minimum atomic E-state index is -0.134. The van der Waals surface area contributed by atoms with E-state index in [2.05, 4.69) is 16.7 Å². The monoisotopic (exact) mass is 309 g/mol. The lowest BCUT2D eigenvalue weighted by molar-refractivity contribution is -0.119. The molecule has 1 aliphatic rings. The second-order valence-corrected chi connectivity index (χ2v) is 5.01. The summed E-state index contributed by atoms with van der Waals surface area (Å²) in [6, 6.07) is 14.6. The zero-order valence-electron chi connectivity index (χ0n) is 12.3. The van der Waals surface area contributed by atoms with Crippen LogP contribution in [0.1, 0.15) is 11.1 Å². The van der Waals surface area contributed by atoms with Gasteiger partial charge in [-0.2, -0.15) is 5.26 Å². The van der Waals surface area contributed by atoms with Crippen LogP contribution in [0.5, 0.6) is 11.5 Å². The Morgan fingerprint density at radius 2 is 2.04 bits per heavy atom. The Morgan fingerprint density at radius 3 is 2.91 bits per heavy atom. The van der Waals surface area contributed by atoms with Crippen LogP contribution in [0, 0.1) is 11.3 Å². The van der Waals surface area contributed by atoms with Gasteiger partial charge in [0.2, 0.25) is 12.7 Å². The molecule has 2 N–H and O–H groups in total. The zero-order chi connectivity index (χ0) is 16.1. The maximum Gasteiger partial charge on any atom is 0.239 e. The number of amides is 1. The number of hydrogen-bond acceptors (Lipinski definition) is 5. The summed E-state index contributed by atoms with van der Waals surface area (Å²) in [6.07, 6.45) is 0. The molecule has 1 amide bonds. The number of ether oxygens (including phenoxy) is 2. The van der Waals surface area contributed by atoms with Gasteiger partial charge in [0.05, 0.1) is 18.2 Å². The summed E-state index contributed by atoms with van der Waals surface area (Å²) >= 11 is 0. The maximum absolute atomic E-state index is 11.9. The van der Waals surface area contributed by atoms with Gasteiger partial charge in [-0.05, 0) is 35.9 Å². The summed E-state index contributed by atoms with van der Waals surface area (Å²) in [7, 11) is 0. The summed E-state index contributed by atoms with van der Waals surface area (Å²) in [5.74, 6) is 1.28. The summed E-state index contributed by atoms with van der Waals surface area (Å²) in [5, 5.41) is 14.7. The Kier molecular flexibility index (Phi) is 4.29. The van der Waals surface area contributed by atoms with Gasteiger partial charge < -0.3 is 20.1 Å². The lowest BCUT2D eigenvalue weighted by Crippen LogP contribution is -2.29. The van der Waals surface area contributed by atoms with E-state index in [-0.39, 0.29) is 19.2 Å². The van der Waals surface area contributed by atoms with Crippen LogP contribution in [0.3, 0.4) is 0 Å². The molecule has 0 saturated heterocycles. The highest BCUT2D eigenvalue weighted by molar-refractivity contribution is 5.80. The van der Waals surface area contributed by atoms with Crippen molar-refractivity contribution in [3.05, 3.63) is 53.6 Å². The Balaban J connectivity index is 1.49. The fourth-order valence-corrected chi connectivity index (χ4v) is 2.20. The van der Waals surface area contributed by atoms with E-state index in [0.717, 1.165) is 17.0 Å². The van der Waals surface area contributed by atoms with Crippen molar-refractivity contribution in [1.82, 2.24) is 5.32 Å². The molecule has 0 aliphatic carbocycles. The fourth-order valence-electron chi connectivity index (χ4n) is 2.20. The smallest absolute Gasteiger partial charge is 0.239 e. The van der Waals surface area contributed by atoms with Crippen molar-refractivity contribution in [2.75, 3.05) is 18.7 Å². The third-order valence-electron chi connectivity index (χ3n) is 3.37. The van der Waals surface area contributed by atoms with E-state index in [9.17, 15) is 4.79 Å². The molecule has 1 aliphatic heterocycles. The van der Waals surface area contributed by atoms with Gasteiger partial charge in [0.15, 0.2) is 11.5 Å². The van der Waals surface area contributed by atoms with Gasteiger partial charge in [-0.25, -0.2) is 0 Å². The first-order valence-corrected chi connectivity index (χ1v) is 7.14. The van der Waals surface area contributed by atoms with Crippen LogP contribution in [-0.2, 0) is 11.3 Å². The van der Waals surface area contributed by atoms with Crippen molar-refractivity contribution in [2.45, 2.75) is 6.54 Å². The first kappa shape index (κ1) is 14.7. The summed E-state index contributed by atoms with van der Waals surface area (Å²) in [4.78, 5) is 11.9. The van der Waals surface area contributed by atoms with Crippen molar-refractivity contribution in [2.24, 2.45) is 0 Å². The van der Waals surface area contributed by atoms with E-state index >= 15 is 0 Å². The second-order valence-electron chi connectivity index (χ2n) is 5.01. The molecule has 116 valence electrons. The van der Waals surface area contributed by atoms with Gasteiger partial charge in [0, 0.05) is 12.2 Å². The number of benzene rings is 2. The maximum atomic E-state index is 11.9. The summed E-state index contributed by atoms with van der Waals surface area (Å²) < 4.78 is 10.5. The number of nitriles is 1. The molecule has 0 aromatic heterocycles. The Morgan fingerprint density at radius 1 is 1.17 bits per heavy atom. The highest BCUT2D eigenvalue weighted by atomic mass is 16.7. The Bertz CT molecular complexity index is 768. The number of hydrogen-bond donors (Lipinski definition) is 2. The highest BCUT2D eigenvalue weighted by Gasteiger charge is 2.13. The predicted molar refractivity (Wildman–Crippen MR) is 84.1 cm³/mol. The molecule has 0 radical (unpaired) electrons. The average molecular weight is 309 g/mol. The summed E-state index contributed by atoms with van der Waals surface area (Å²) in [6.45, 7) is 0.783. The van der Waals surface area contributed by atoms with E-state index in [1.807, 2.05) is 24.3 Å². The van der Waals surface area contributed by atoms with Gasteiger partial charge in [-0.1, -0.05) is 12.1 Å². The van der Waals surface area contributed by atoms with Gasteiger partial charge in [0.1, 0.15) is 0 Å². The zero-order valence-corrected chi connectivity index (χ0v) is 12.3. The van der Waals surface area contributed by atoms with Gasteiger partial charge in [-0.3, -0.25) is 4.79 Å². The molecule has 0 fully saturated rings. The predicted octanol–water partition coefficient (Wildman–Crippen LogP) is 2.02. The number of nitrogens with one attached hydrogen (secondary N) is 2. The number of rotatable bonds is 5. The fraction of sp³-hybridized carbons (Fsp3) is 0.176. The number of carbonyl (C=O) groups excluding carboxylic acids is 1. The Labute approximate surface area is 133 Å². The number of anilines is 1. The van der Waals surface area contributed by atoms with E-state index in [0.29, 0.717) is 17.9 Å².